The van der Waals surface area contributed by atoms with Gasteiger partial charge in [0.25, 0.3) is 0 Å². The quantitative estimate of drug-likeness (QED) is 0.660. The second-order valence-corrected chi connectivity index (χ2v) is 3.63. The Bertz CT molecular complexity index is 304. The molecule has 0 aliphatic rings. The van der Waals surface area contributed by atoms with Crippen LogP contribution >= 0.6 is 0 Å². The van der Waals surface area contributed by atoms with Crippen molar-refractivity contribution in [1.82, 2.24) is 0 Å². The molecule has 0 unspecified atom stereocenters. The summed E-state index contributed by atoms with van der Waals surface area (Å²) >= 11 is 0. The van der Waals surface area contributed by atoms with Gasteiger partial charge in [-0.25, -0.2) is 0 Å². The Balaban J connectivity index is 2.13. The molecule has 0 atom stereocenters. The van der Waals surface area contributed by atoms with Crippen molar-refractivity contribution in [2.24, 2.45) is 5.73 Å². The standard InChI is InChI=1S/C13H21NO3/c1-15-6-7-16-8-9-17-11-13-5-3-2-4-12(13)10-14/h2-5H,6-11,14H2,1H3. The maximum atomic E-state index is 5.64. The smallest absolute Gasteiger partial charge is 0.0721 e. The number of nitrogens with two attached hydrogens (primary N) is 1. The SMILES string of the molecule is COCCOCCOCc1ccccc1CN. The maximum absolute atomic E-state index is 5.64. The Morgan fingerprint density at radius 3 is 2.29 bits per heavy atom. The first kappa shape index (κ1) is 14.1. The Hall–Kier alpha value is -0.940. The summed E-state index contributed by atoms with van der Waals surface area (Å²) in [6.07, 6.45) is 0. The largest absolute Gasteiger partial charge is 0.382 e. The van der Waals surface area contributed by atoms with Gasteiger partial charge in [0.15, 0.2) is 0 Å². The average Bonchev–Trinajstić information content (AvgIpc) is 2.38. The number of hydrogen-bond donors (Lipinski definition) is 1. The van der Waals surface area contributed by atoms with Crippen LogP contribution in [-0.2, 0) is 27.4 Å². The molecule has 0 aliphatic carbocycles. The maximum Gasteiger partial charge on any atom is 0.0721 e. The lowest BCUT2D eigenvalue weighted by Gasteiger charge is -2.08. The molecule has 0 bridgehead atoms. The van der Waals surface area contributed by atoms with E-state index in [2.05, 4.69) is 0 Å². The van der Waals surface area contributed by atoms with Crippen LogP contribution in [0.5, 0.6) is 0 Å². The van der Waals surface area contributed by atoms with Crippen molar-refractivity contribution in [1.29, 1.82) is 0 Å². The first-order valence-electron chi connectivity index (χ1n) is 5.79. The molecule has 1 aromatic carbocycles. The zero-order valence-corrected chi connectivity index (χ0v) is 10.4. The summed E-state index contributed by atoms with van der Waals surface area (Å²) in [7, 11) is 1.66. The van der Waals surface area contributed by atoms with E-state index in [1.165, 1.54) is 0 Å². The van der Waals surface area contributed by atoms with Crippen LogP contribution in [0.25, 0.3) is 0 Å². The van der Waals surface area contributed by atoms with Gasteiger partial charge in [0.2, 0.25) is 0 Å². The third-order valence-corrected chi connectivity index (χ3v) is 2.40. The molecule has 1 aromatic rings. The van der Waals surface area contributed by atoms with Gasteiger partial charge in [0, 0.05) is 13.7 Å². The molecule has 2 N–H and O–H groups in total. The second-order valence-electron chi connectivity index (χ2n) is 3.63. The molecule has 0 amide bonds. The molecule has 0 aliphatic heterocycles. The van der Waals surface area contributed by atoms with E-state index in [0.29, 0.717) is 39.6 Å². The summed E-state index contributed by atoms with van der Waals surface area (Å²) in [5.74, 6) is 0. The van der Waals surface area contributed by atoms with Crippen LogP contribution in [-0.4, -0.2) is 33.5 Å². The first-order valence-corrected chi connectivity index (χ1v) is 5.79. The van der Waals surface area contributed by atoms with Crippen molar-refractivity contribution >= 4 is 0 Å². The van der Waals surface area contributed by atoms with Crippen molar-refractivity contribution in [3.63, 3.8) is 0 Å². The predicted molar refractivity (Wildman–Crippen MR) is 66.7 cm³/mol. The lowest BCUT2D eigenvalue weighted by Crippen LogP contribution is -2.09. The second kappa shape index (κ2) is 9.13. The van der Waals surface area contributed by atoms with Gasteiger partial charge < -0.3 is 19.9 Å². The lowest BCUT2D eigenvalue weighted by molar-refractivity contribution is 0.0198. The van der Waals surface area contributed by atoms with Crippen LogP contribution in [0, 0.1) is 0 Å². The first-order chi connectivity index (χ1) is 8.38. The average molecular weight is 239 g/mol. The van der Waals surface area contributed by atoms with Gasteiger partial charge in [-0.2, -0.15) is 0 Å². The van der Waals surface area contributed by atoms with Crippen molar-refractivity contribution in [2.75, 3.05) is 33.5 Å². The normalized spacial score (nSPS) is 10.7. The summed E-state index contributed by atoms with van der Waals surface area (Å²) in [5, 5.41) is 0. The highest BCUT2D eigenvalue weighted by molar-refractivity contribution is 5.26. The Labute approximate surface area is 103 Å². The van der Waals surface area contributed by atoms with Crippen LogP contribution in [0.4, 0.5) is 0 Å². The van der Waals surface area contributed by atoms with E-state index in [1.807, 2.05) is 24.3 Å². The van der Waals surface area contributed by atoms with Gasteiger partial charge in [-0.05, 0) is 11.1 Å². The van der Waals surface area contributed by atoms with Gasteiger partial charge in [-0.1, -0.05) is 24.3 Å². The zero-order chi connectivity index (χ0) is 12.3. The number of ether oxygens (including phenoxy) is 3. The highest BCUT2D eigenvalue weighted by Crippen LogP contribution is 2.08. The third-order valence-electron chi connectivity index (χ3n) is 2.40. The molecule has 17 heavy (non-hydrogen) atoms. The van der Waals surface area contributed by atoms with Gasteiger partial charge >= 0.3 is 0 Å². The van der Waals surface area contributed by atoms with Gasteiger partial charge in [0.1, 0.15) is 0 Å². The lowest BCUT2D eigenvalue weighted by atomic mass is 10.1. The fourth-order valence-electron chi connectivity index (χ4n) is 1.44. The molecule has 0 spiro atoms. The zero-order valence-electron chi connectivity index (χ0n) is 10.4. The molecule has 0 aromatic heterocycles. The molecule has 0 heterocycles. The summed E-state index contributed by atoms with van der Waals surface area (Å²) in [5.41, 5.74) is 7.92. The molecular weight excluding hydrogens is 218 g/mol. The van der Waals surface area contributed by atoms with E-state index in [4.69, 9.17) is 19.9 Å². The topological polar surface area (TPSA) is 53.7 Å². The summed E-state index contributed by atoms with van der Waals surface area (Å²) in [6, 6.07) is 8.04. The van der Waals surface area contributed by atoms with E-state index in [1.54, 1.807) is 7.11 Å². The highest BCUT2D eigenvalue weighted by atomic mass is 16.5. The molecule has 4 nitrogen and oxygen atoms in total. The molecule has 4 heteroatoms. The van der Waals surface area contributed by atoms with E-state index >= 15 is 0 Å². The van der Waals surface area contributed by atoms with E-state index < -0.39 is 0 Å². The fourth-order valence-corrected chi connectivity index (χ4v) is 1.44. The number of methoxy groups -OCH3 is 1. The van der Waals surface area contributed by atoms with Crippen LogP contribution in [0.3, 0.4) is 0 Å². The Morgan fingerprint density at radius 2 is 1.59 bits per heavy atom. The Morgan fingerprint density at radius 1 is 0.941 bits per heavy atom. The minimum atomic E-state index is 0.546. The third kappa shape index (κ3) is 5.79. The highest BCUT2D eigenvalue weighted by Gasteiger charge is 1.99. The Kier molecular flexibility index (Phi) is 7.58. The number of hydrogen-bond acceptors (Lipinski definition) is 4. The molecule has 0 fully saturated rings. The van der Waals surface area contributed by atoms with Crippen LogP contribution in [0.2, 0.25) is 0 Å². The summed E-state index contributed by atoms with van der Waals surface area (Å²) < 4.78 is 15.7. The van der Waals surface area contributed by atoms with Crippen molar-refractivity contribution < 1.29 is 14.2 Å². The molecule has 0 saturated heterocycles. The van der Waals surface area contributed by atoms with E-state index in [-0.39, 0.29) is 0 Å². The number of rotatable bonds is 9. The van der Waals surface area contributed by atoms with Crippen LogP contribution < -0.4 is 5.73 Å². The van der Waals surface area contributed by atoms with E-state index in [9.17, 15) is 0 Å². The van der Waals surface area contributed by atoms with Crippen LogP contribution in [0.1, 0.15) is 11.1 Å². The molecular formula is C13H21NO3. The van der Waals surface area contributed by atoms with Gasteiger partial charge in [0.05, 0.1) is 33.0 Å². The minimum Gasteiger partial charge on any atom is -0.382 e. The summed E-state index contributed by atoms with van der Waals surface area (Å²) in [4.78, 5) is 0. The van der Waals surface area contributed by atoms with Gasteiger partial charge in [-0.3, -0.25) is 0 Å². The minimum absolute atomic E-state index is 0.546. The van der Waals surface area contributed by atoms with Crippen molar-refractivity contribution in [3.8, 4) is 0 Å². The van der Waals surface area contributed by atoms with Gasteiger partial charge in [-0.15, -0.1) is 0 Å². The molecule has 96 valence electrons. The van der Waals surface area contributed by atoms with Crippen molar-refractivity contribution in [2.45, 2.75) is 13.2 Å². The number of benzene rings is 1. The monoisotopic (exact) mass is 239 g/mol. The fraction of sp³-hybridized carbons (Fsp3) is 0.538. The predicted octanol–water partition coefficient (Wildman–Crippen LogP) is 1.32. The molecule has 1 rings (SSSR count). The molecule has 0 saturated carbocycles. The van der Waals surface area contributed by atoms with Crippen molar-refractivity contribution in [3.05, 3.63) is 35.4 Å². The summed E-state index contributed by atoms with van der Waals surface area (Å²) in [6.45, 7) is 3.54. The molecule has 0 radical (unpaired) electrons. The van der Waals surface area contributed by atoms with Crippen LogP contribution in [0.15, 0.2) is 24.3 Å². The van der Waals surface area contributed by atoms with E-state index in [0.717, 1.165) is 11.1 Å².